The van der Waals surface area contributed by atoms with Gasteiger partial charge in [-0.3, -0.25) is 4.79 Å². The Hall–Kier alpha value is -0.180. The van der Waals surface area contributed by atoms with Crippen LogP contribution in [-0.2, 0) is 9.53 Å². The van der Waals surface area contributed by atoms with Crippen molar-refractivity contribution >= 4 is 18.6 Å². The van der Waals surface area contributed by atoms with Gasteiger partial charge in [-0.2, -0.15) is 12.6 Å². The van der Waals surface area contributed by atoms with Gasteiger partial charge in [0.05, 0.1) is 6.61 Å². The molecule has 3 heteroatoms. The van der Waals surface area contributed by atoms with Gasteiger partial charge in [0.25, 0.3) is 0 Å². The molecule has 0 spiro atoms. The van der Waals surface area contributed by atoms with Crippen LogP contribution in [0.5, 0.6) is 0 Å². The molecule has 0 aliphatic rings. The zero-order valence-corrected chi connectivity index (χ0v) is 6.49. The third kappa shape index (κ3) is 5.69. The zero-order chi connectivity index (χ0) is 7.11. The summed E-state index contributed by atoms with van der Waals surface area (Å²) >= 11 is 3.96. The highest BCUT2D eigenvalue weighted by atomic mass is 32.1. The van der Waals surface area contributed by atoms with Crippen LogP contribution in [0.2, 0.25) is 0 Å². The Balaban J connectivity index is 2.97. The molecule has 0 N–H and O–H groups in total. The highest BCUT2D eigenvalue weighted by Gasteiger charge is 1.94. The molecule has 0 amide bonds. The molecule has 0 atom stereocenters. The predicted octanol–water partition coefficient (Wildman–Crippen LogP) is 1.26. The maximum absolute atomic E-state index is 10.4. The van der Waals surface area contributed by atoms with Gasteiger partial charge in [-0.15, -0.1) is 0 Å². The molecule has 2 nitrogen and oxygen atoms in total. The van der Waals surface area contributed by atoms with Crippen molar-refractivity contribution in [3.63, 3.8) is 0 Å². The third-order valence-electron chi connectivity index (χ3n) is 0.854. The quantitative estimate of drug-likeness (QED) is 0.369. The molecule has 0 unspecified atom stereocenters. The Kier molecular flexibility index (Phi) is 5.83. The van der Waals surface area contributed by atoms with Crippen molar-refractivity contribution in [2.45, 2.75) is 19.8 Å². The van der Waals surface area contributed by atoms with E-state index in [0.717, 1.165) is 12.2 Å². The van der Waals surface area contributed by atoms with E-state index in [9.17, 15) is 4.79 Å². The van der Waals surface area contributed by atoms with E-state index < -0.39 is 0 Å². The topological polar surface area (TPSA) is 26.3 Å². The summed E-state index contributed by atoms with van der Waals surface area (Å²) in [4.78, 5) is 10.4. The number of rotatable bonds is 4. The third-order valence-corrected chi connectivity index (χ3v) is 1.17. The van der Waals surface area contributed by atoms with Crippen molar-refractivity contribution in [3.05, 3.63) is 0 Å². The molecule has 0 radical (unpaired) electrons. The van der Waals surface area contributed by atoms with Gasteiger partial charge in [-0.1, -0.05) is 6.92 Å². The molecule has 0 heterocycles. The van der Waals surface area contributed by atoms with E-state index in [2.05, 4.69) is 12.6 Å². The van der Waals surface area contributed by atoms with Gasteiger partial charge in [-0.05, 0) is 12.2 Å². The lowest BCUT2D eigenvalue weighted by Gasteiger charge is -1.98. The molecule has 54 valence electrons. The van der Waals surface area contributed by atoms with Crippen molar-refractivity contribution in [2.24, 2.45) is 0 Å². The molecule has 0 rings (SSSR count). The lowest BCUT2D eigenvalue weighted by Crippen LogP contribution is -2.03. The predicted molar refractivity (Wildman–Crippen MR) is 39.7 cm³/mol. The molecular formula is C6H12O2S. The summed E-state index contributed by atoms with van der Waals surface area (Å²) in [5, 5.41) is 0. The van der Waals surface area contributed by atoms with Crippen molar-refractivity contribution in [2.75, 3.05) is 12.4 Å². The number of hydrogen-bond donors (Lipinski definition) is 1. The van der Waals surface area contributed by atoms with Gasteiger partial charge < -0.3 is 4.74 Å². The maximum Gasteiger partial charge on any atom is 0.305 e. The van der Waals surface area contributed by atoms with Crippen LogP contribution < -0.4 is 0 Å². The van der Waals surface area contributed by atoms with E-state index in [-0.39, 0.29) is 5.97 Å². The first-order valence-corrected chi connectivity index (χ1v) is 3.71. The van der Waals surface area contributed by atoms with Crippen LogP contribution in [0.15, 0.2) is 0 Å². The summed E-state index contributed by atoms with van der Waals surface area (Å²) in [6, 6.07) is 0. The monoisotopic (exact) mass is 148 g/mol. The van der Waals surface area contributed by atoms with Crippen LogP contribution in [0.4, 0.5) is 0 Å². The Morgan fingerprint density at radius 2 is 2.33 bits per heavy atom. The highest BCUT2D eigenvalue weighted by Crippen LogP contribution is 1.88. The minimum atomic E-state index is -0.128. The van der Waals surface area contributed by atoms with Gasteiger partial charge in [0.15, 0.2) is 0 Å². The first kappa shape index (κ1) is 8.82. The molecular weight excluding hydrogens is 136 g/mol. The summed E-state index contributed by atoms with van der Waals surface area (Å²) in [6.07, 6.45) is 1.31. The lowest BCUT2D eigenvalue weighted by atomic mass is 10.5. The SMILES string of the molecule is CCC(=O)OCCCS. The van der Waals surface area contributed by atoms with Gasteiger partial charge in [-0.25, -0.2) is 0 Å². The average molecular weight is 148 g/mol. The minimum absolute atomic E-state index is 0.128. The molecule has 0 aliphatic heterocycles. The Morgan fingerprint density at radius 3 is 2.78 bits per heavy atom. The highest BCUT2D eigenvalue weighted by molar-refractivity contribution is 7.80. The molecule has 0 saturated carbocycles. The number of hydrogen-bond acceptors (Lipinski definition) is 3. The zero-order valence-electron chi connectivity index (χ0n) is 5.59. The summed E-state index contributed by atoms with van der Waals surface area (Å²) < 4.78 is 4.74. The van der Waals surface area contributed by atoms with Crippen LogP contribution >= 0.6 is 12.6 Å². The number of thiol groups is 1. The Bertz CT molecular complexity index is 83.1. The van der Waals surface area contributed by atoms with E-state index in [0.29, 0.717) is 13.0 Å². The smallest absolute Gasteiger partial charge is 0.305 e. The van der Waals surface area contributed by atoms with Crippen LogP contribution in [0, 0.1) is 0 Å². The molecule has 0 fully saturated rings. The number of carbonyl (C=O) groups excluding carboxylic acids is 1. The first-order valence-electron chi connectivity index (χ1n) is 3.07. The fourth-order valence-corrected chi connectivity index (χ4v) is 0.482. The fraction of sp³-hybridized carbons (Fsp3) is 0.833. The standard InChI is InChI=1S/C6H12O2S/c1-2-6(7)8-4-3-5-9/h9H,2-5H2,1H3. The minimum Gasteiger partial charge on any atom is -0.466 e. The number of esters is 1. The van der Waals surface area contributed by atoms with Crippen molar-refractivity contribution in [1.29, 1.82) is 0 Å². The summed E-state index contributed by atoms with van der Waals surface area (Å²) in [5.74, 6) is 0.647. The van der Waals surface area contributed by atoms with Crippen LogP contribution in [0.1, 0.15) is 19.8 Å². The second-order valence-electron chi connectivity index (χ2n) is 1.65. The van der Waals surface area contributed by atoms with Gasteiger partial charge in [0.2, 0.25) is 0 Å². The second-order valence-corrected chi connectivity index (χ2v) is 2.10. The molecule has 0 aliphatic carbocycles. The second kappa shape index (κ2) is 5.95. The van der Waals surface area contributed by atoms with Gasteiger partial charge in [0.1, 0.15) is 0 Å². The molecule has 0 aromatic heterocycles. The number of carbonyl (C=O) groups is 1. The number of ether oxygens (including phenoxy) is 1. The van der Waals surface area contributed by atoms with E-state index in [4.69, 9.17) is 4.74 Å². The molecule has 0 aromatic rings. The lowest BCUT2D eigenvalue weighted by molar-refractivity contribution is -0.143. The normalized spacial score (nSPS) is 9.11. The Labute approximate surface area is 61.0 Å². The van der Waals surface area contributed by atoms with Crippen LogP contribution in [0.3, 0.4) is 0 Å². The van der Waals surface area contributed by atoms with Gasteiger partial charge in [0, 0.05) is 6.42 Å². The molecule has 0 aromatic carbocycles. The molecule has 9 heavy (non-hydrogen) atoms. The van der Waals surface area contributed by atoms with E-state index in [1.165, 1.54) is 0 Å². The van der Waals surface area contributed by atoms with Crippen molar-refractivity contribution < 1.29 is 9.53 Å². The van der Waals surface area contributed by atoms with Crippen LogP contribution in [0.25, 0.3) is 0 Å². The van der Waals surface area contributed by atoms with Crippen LogP contribution in [-0.4, -0.2) is 18.3 Å². The van der Waals surface area contributed by atoms with E-state index in [1.54, 1.807) is 6.92 Å². The summed E-state index contributed by atoms with van der Waals surface area (Å²) in [5.41, 5.74) is 0. The van der Waals surface area contributed by atoms with Crippen molar-refractivity contribution in [1.82, 2.24) is 0 Å². The Morgan fingerprint density at radius 1 is 1.67 bits per heavy atom. The summed E-state index contributed by atoms with van der Waals surface area (Å²) in [6.45, 7) is 2.29. The maximum atomic E-state index is 10.4. The van der Waals surface area contributed by atoms with E-state index in [1.807, 2.05) is 0 Å². The van der Waals surface area contributed by atoms with Crippen molar-refractivity contribution in [3.8, 4) is 0 Å². The van der Waals surface area contributed by atoms with Gasteiger partial charge >= 0.3 is 5.97 Å². The molecule has 0 saturated heterocycles. The largest absolute Gasteiger partial charge is 0.466 e. The van der Waals surface area contributed by atoms with E-state index >= 15 is 0 Å². The first-order chi connectivity index (χ1) is 4.31. The fourth-order valence-electron chi connectivity index (χ4n) is 0.353. The molecule has 0 bridgehead atoms. The average Bonchev–Trinajstić information content (AvgIpc) is 1.89. The summed E-state index contributed by atoms with van der Waals surface area (Å²) in [7, 11) is 0.